The van der Waals surface area contributed by atoms with Gasteiger partial charge in [0.05, 0.1) is 32.5 Å². The van der Waals surface area contributed by atoms with Crippen molar-refractivity contribution in [3.63, 3.8) is 0 Å². The Morgan fingerprint density at radius 1 is 1.06 bits per heavy atom. The molecule has 3 heterocycles. The molecule has 9 heteroatoms. The number of likely N-dealkylation sites (tertiary alicyclic amines) is 2. The second-order valence-electron chi connectivity index (χ2n) is 10.8. The number of aliphatic hydroxyl groups is 1. The van der Waals surface area contributed by atoms with E-state index in [-0.39, 0.29) is 17.9 Å². The molecule has 0 bridgehead atoms. The van der Waals surface area contributed by atoms with Gasteiger partial charge < -0.3 is 24.4 Å². The maximum Gasteiger partial charge on any atom is 0.236 e. The number of aliphatic hydroxyl groups excluding tert-OH is 1. The number of amides is 2. The zero-order valence-corrected chi connectivity index (χ0v) is 22.4. The van der Waals surface area contributed by atoms with Gasteiger partial charge in [0.15, 0.2) is 0 Å². The molecule has 1 atom stereocenters. The minimum absolute atomic E-state index is 0.0800. The van der Waals surface area contributed by atoms with Crippen molar-refractivity contribution in [2.24, 2.45) is 5.41 Å². The third-order valence-corrected chi connectivity index (χ3v) is 8.37. The lowest BCUT2D eigenvalue weighted by Crippen LogP contribution is -2.54. The van der Waals surface area contributed by atoms with Crippen molar-refractivity contribution in [3.8, 4) is 5.75 Å². The van der Waals surface area contributed by atoms with Gasteiger partial charge in [0.2, 0.25) is 11.8 Å². The third kappa shape index (κ3) is 6.91. The molecule has 1 unspecified atom stereocenters. The van der Waals surface area contributed by atoms with Crippen LogP contribution in [0, 0.1) is 19.3 Å². The Hall–Kier alpha value is -1.87. The smallest absolute Gasteiger partial charge is 0.236 e. The zero-order valence-electron chi connectivity index (χ0n) is 21.6. The van der Waals surface area contributed by atoms with E-state index in [9.17, 15) is 14.7 Å². The molecule has 3 aliphatic rings. The molecule has 3 aliphatic heterocycles. The van der Waals surface area contributed by atoms with Crippen LogP contribution in [0.1, 0.15) is 43.2 Å². The largest absolute Gasteiger partial charge is 0.493 e. The fourth-order valence-corrected chi connectivity index (χ4v) is 5.67. The Labute approximate surface area is 219 Å². The summed E-state index contributed by atoms with van der Waals surface area (Å²) in [6, 6.07) is 3.86. The molecule has 3 saturated heterocycles. The van der Waals surface area contributed by atoms with E-state index in [0.717, 1.165) is 47.8 Å². The molecule has 36 heavy (non-hydrogen) atoms. The van der Waals surface area contributed by atoms with E-state index < -0.39 is 5.41 Å². The second-order valence-corrected chi connectivity index (χ2v) is 11.1. The van der Waals surface area contributed by atoms with Gasteiger partial charge in [-0.25, -0.2) is 0 Å². The van der Waals surface area contributed by atoms with E-state index in [1.165, 1.54) is 0 Å². The Kier molecular flexibility index (Phi) is 9.15. The number of carbonyl (C=O) groups excluding carboxylic acids is 2. The fraction of sp³-hybridized carbons (Fsp3) is 0.704. The highest BCUT2D eigenvalue weighted by molar-refractivity contribution is 6.32. The molecule has 3 fully saturated rings. The lowest BCUT2D eigenvalue weighted by atomic mass is 9.77. The average Bonchev–Trinajstić information content (AvgIpc) is 2.87. The van der Waals surface area contributed by atoms with Crippen molar-refractivity contribution < 1.29 is 24.2 Å². The summed E-state index contributed by atoms with van der Waals surface area (Å²) in [6.07, 6.45) is 2.89. The van der Waals surface area contributed by atoms with Crippen molar-refractivity contribution in [3.05, 3.63) is 28.3 Å². The molecule has 0 aromatic heterocycles. The highest BCUT2D eigenvalue weighted by atomic mass is 35.5. The number of hydrogen-bond acceptors (Lipinski definition) is 6. The fourth-order valence-electron chi connectivity index (χ4n) is 5.56. The molecule has 2 amide bonds. The Morgan fingerprint density at radius 2 is 1.72 bits per heavy atom. The summed E-state index contributed by atoms with van der Waals surface area (Å²) in [5.41, 5.74) is 1.44. The monoisotopic (exact) mass is 521 g/mol. The highest BCUT2D eigenvalue weighted by Crippen LogP contribution is 2.36. The third-order valence-electron chi connectivity index (χ3n) is 7.78. The second kappa shape index (κ2) is 12.1. The van der Waals surface area contributed by atoms with Crippen LogP contribution in [0.3, 0.4) is 0 Å². The summed E-state index contributed by atoms with van der Waals surface area (Å²) >= 11 is 6.35. The maximum absolute atomic E-state index is 13.4. The van der Waals surface area contributed by atoms with E-state index in [1.807, 2.05) is 35.8 Å². The standard InChI is InChI=1S/C27H40ClN3O5/c1-20-14-23(15-21(2)26(20)28)36-19-27(16-24(33)30-8-4-22(32)5-9-30)6-3-7-31(18-27)25(34)17-29-10-12-35-13-11-29/h14-15,22,32H,3-13,16-19H2,1-2H3. The van der Waals surface area contributed by atoms with E-state index in [1.54, 1.807) is 0 Å². The van der Waals surface area contributed by atoms with Crippen LogP contribution in [0.2, 0.25) is 5.02 Å². The quantitative estimate of drug-likeness (QED) is 0.594. The molecule has 8 nitrogen and oxygen atoms in total. The molecule has 1 aromatic rings. The van der Waals surface area contributed by atoms with Gasteiger partial charge in [-0.05, 0) is 62.8 Å². The summed E-state index contributed by atoms with van der Waals surface area (Å²) in [5, 5.41) is 10.6. The predicted octanol–water partition coefficient (Wildman–Crippen LogP) is 2.65. The summed E-state index contributed by atoms with van der Waals surface area (Å²) in [6.45, 7) is 9.86. The van der Waals surface area contributed by atoms with Gasteiger partial charge in [-0.3, -0.25) is 14.5 Å². The molecular formula is C27H40ClN3O5. The molecule has 0 spiro atoms. The van der Waals surface area contributed by atoms with Crippen LogP contribution in [-0.4, -0.2) is 103 Å². The summed E-state index contributed by atoms with van der Waals surface area (Å²) in [7, 11) is 0. The Morgan fingerprint density at radius 3 is 2.39 bits per heavy atom. The number of nitrogens with zero attached hydrogens (tertiary/aromatic N) is 3. The topological polar surface area (TPSA) is 82.5 Å². The minimum Gasteiger partial charge on any atom is -0.493 e. The lowest BCUT2D eigenvalue weighted by molar-refractivity contribution is -0.143. The van der Waals surface area contributed by atoms with Crippen LogP contribution in [0.25, 0.3) is 0 Å². The van der Waals surface area contributed by atoms with E-state index in [4.69, 9.17) is 21.1 Å². The van der Waals surface area contributed by atoms with Crippen molar-refractivity contribution in [1.82, 2.24) is 14.7 Å². The van der Waals surface area contributed by atoms with Crippen molar-refractivity contribution >= 4 is 23.4 Å². The number of benzene rings is 1. The van der Waals surface area contributed by atoms with Crippen LogP contribution in [-0.2, 0) is 14.3 Å². The lowest BCUT2D eigenvalue weighted by Gasteiger charge is -2.44. The molecule has 1 N–H and O–H groups in total. The summed E-state index contributed by atoms with van der Waals surface area (Å²) in [5.74, 6) is 0.920. The molecule has 200 valence electrons. The van der Waals surface area contributed by atoms with Gasteiger partial charge in [0, 0.05) is 56.1 Å². The molecule has 0 saturated carbocycles. The molecular weight excluding hydrogens is 482 g/mol. The Bertz CT molecular complexity index is 907. The number of aryl methyl sites for hydroxylation is 2. The van der Waals surface area contributed by atoms with Crippen molar-refractivity contribution in [2.75, 3.05) is 65.6 Å². The van der Waals surface area contributed by atoms with Crippen LogP contribution in [0.15, 0.2) is 12.1 Å². The molecule has 1 aromatic carbocycles. The number of rotatable bonds is 7. The summed E-state index contributed by atoms with van der Waals surface area (Å²) in [4.78, 5) is 32.6. The number of halogens is 1. The first-order valence-corrected chi connectivity index (χ1v) is 13.6. The van der Waals surface area contributed by atoms with Crippen molar-refractivity contribution in [1.29, 1.82) is 0 Å². The average molecular weight is 522 g/mol. The number of carbonyl (C=O) groups is 2. The van der Waals surface area contributed by atoms with Gasteiger partial charge in [0.25, 0.3) is 0 Å². The van der Waals surface area contributed by atoms with Gasteiger partial charge in [0.1, 0.15) is 5.75 Å². The minimum atomic E-state index is -0.465. The molecule has 0 aliphatic carbocycles. The molecule has 4 rings (SSSR count). The van der Waals surface area contributed by atoms with E-state index in [0.29, 0.717) is 71.8 Å². The number of hydrogen-bond donors (Lipinski definition) is 1. The summed E-state index contributed by atoms with van der Waals surface area (Å²) < 4.78 is 11.7. The predicted molar refractivity (Wildman–Crippen MR) is 138 cm³/mol. The SMILES string of the molecule is Cc1cc(OCC2(CC(=O)N3CCC(O)CC3)CCCN(C(=O)CN3CCOCC3)C2)cc(C)c1Cl. The zero-order chi connectivity index (χ0) is 25.7. The van der Waals surface area contributed by atoms with E-state index >= 15 is 0 Å². The number of piperidine rings is 2. The normalized spacial score (nSPS) is 24.1. The first-order chi connectivity index (χ1) is 17.2. The number of ether oxygens (including phenoxy) is 2. The first kappa shape index (κ1) is 27.2. The van der Waals surface area contributed by atoms with Crippen LogP contribution in [0.5, 0.6) is 5.75 Å². The Balaban J connectivity index is 1.48. The van der Waals surface area contributed by atoms with Crippen LogP contribution >= 0.6 is 11.6 Å². The molecule has 0 radical (unpaired) electrons. The maximum atomic E-state index is 13.4. The number of morpholine rings is 1. The van der Waals surface area contributed by atoms with Gasteiger partial charge >= 0.3 is 0 Å². The van der Waals surface area contributed by atoms with E-state index in [2.05, 4.69) is 4.90 Å². The van der Waals surface area contributed by atoms with Gasteiger partial charge in [-0.1, -0.05) is 11.6 Å². The van der Waals surface area contributed by atoms with Crippen LogP contribution < -0.4 is 4.74 Å². The van der Waals surface area contributed by atoms with Gasteiger partial charge in [-0.2, -0.15) is 0 Å². The van der Waals surface area contributed by atoms with Gasteiger partial charge in [-0.15, -0.1) is 0 Å². The first-order valence-electron chi connectivity index (χ1n) is 13.2. The van der Waals surface area contributed by atoms with Crippen LogP contribution in [0.4, 0.5) is 0 Å². The van der Waals surface area contributed by atoms with Crippen molar-refractivity contribution in [2.45, 2.75) is 52.1 Å². The highest BCUT2D eigenvalue weighted by Gasteiger charge is 2.41.